The monoisotopic (exact) mass is 382 g/mol. The molecule has 0 aliphatic heterocycles. The number of nitrogens with zero attached hydrogens (tertiary/aromatic N) is 1. The fourth-order valence-corrected chi connectivity index (χ4v) is 2.71. The lowest BCUT2D eigenvalue weighted by atomic mass is 10.0. The predicted octanol–water partition coefficient (Wildman–Crippen LogP) is 5.06. The number of nitrogens with one attached hydrogen (secondary N) is 1. The van der Waals surface area contributed by atoms with E-state index < -0.39 is 23.5 Å². The maximum atomic E-state index is 13.6. The van der Waals surface area contributed by atoms with Crippen LogP contribution in [0.4, 0.5) is 13.2 Å². The number of amides is 1. The van der Waals surface area contributed by atoms with E-state index in [1.807, 2.05) is 24.3 Å². The first-order valence-corrected chi connectivity index (χ1v) is 8.58. The molecule has 0 aliphatic rings. The van der Waals surface area contributed by atoms with Crippen LogP contribution >= 0.6 is 0 Å². The standard InChI is InChI=1S/C22H17F3N2O/c1-14(27-22(28)11-9-18-19(23)6-3-7-20(18)24)15-4-2-5-16(12-15)17-8-10-21(25)26-13-17/h2-14H,1H3,(H,27,28)/b11-9+. The van der Waals surface area contributed by atoms with Crippen molar-refractivity contribution in [3.63, 3.8) is 0 Å². The van der Waals surface area contributed by atoms with E-state index in [1.165, 1.54) is 18.3 Å². The van der Waals surface area contributed by atoms with Gasteiger partial charge in [-0.15, -0.1) is 0 Å². The molecule has 0 saturated carbocycles. The van der Waals surface area contributed by atoms with Gasteiger partial charge in [0.05, 0.1) is 6.04 Å². The summed E-state index contributed by atoms with van der Waals surface area (Å²) in [6.07, 6.45) is 3.63. The Morgan fingerprint density at radius 2 is 1.71 bits per heavy atom. The van der Waals surface area contributed by atoms with Gasteiger partial charge >= 0.3 is 0 Å². The molecule has 2 aromatic carbocycles. The summed E-state index contributed by atoms with van der Waals surface area (Å²) in [5, 5.41) is 2.75. The van der Waals surface area contributed by atoms with E-state index in [2.05, 4.69) is 10.3 Å². The lowest BCUT2D eigenvalue weighted by Gasteiger charge is -2.14. The molecule has 1 unspecified atom stereocenters. The van der Waals surface area contributed by atoms with Crippen molar-refractivity contribution in [1.29, 1.82) is 0 Å². The molecule has 3 rings (SSSR count). The fourth-order valence-electron chi connectivity index (χ4n) is 2.71. The number of hydrogen-bond donors (Lipinski definition) is 1. The molecular weight excluding hydrogens is 365 g/mol. The van der Waals surface area contributed by atoms with Gasteiger partial charge in [-0.3, -0.25) is 4.79 Å². The molecule has 0 fully saturated rings. The Balaban J connectivity index is 1.71. The zero-order valence-corrected chi connectivity index (χ0v) is 15.0. The SMILES string of the molecule is CC(NC(=O)/C=C/c1c(F)cccc1F)c1cccc(-c2ccc(F)nc2)c1. The van der Waals surface area contributed by atoms with Gasteiger partial charge in [-0.05, 0) is 54.5 Å². The molecule has 0 aliphatic carbocycles. The molecule has 0 bridgehead atoms. The summed E-state index contributed by atoms with van der Waals surface area (Å²) < 4.78 is 40.2. The number of carbonyl (C=O) groups is 1. The number of pyridine rings is 1. The van der Waals surface area contributed by atoms with Crippen LogP contribution in [0.1, 0.15) is 24.1 Å². The lowest BCUT2D eigenvalue weighted by Crippen LogP contribution is -2.24. The zero-order chi connectivity index (χ0) is 20.1. The Hall–Kier alpha value is -3.41. The topological polar surface area (TPSA) is 42.0 Å². The molecule has 1 atom stereocenters. The Labute approximate surface area is 160 Å². The molecule has 0 saturated heterocycles. The van der Waals surface area contributed by atoms with E-state index in [1.54, 1.807) is 13.0 Å². The van der Waals surface area contributed by atoms with Crippen LogP contribution in [0.3, 0.4) is 0 Å². The number of rotatable bonds is 5. The Bertz CT molecular complexity index is 996. The summed E-state index contributed by atoms with van der Waals surface area (Å²) in [5.41, 5.74) is 2.13. The molecular formula is C22H17F3N2O. The molecule has 1 heterocycles. The van der Waals surface area contributed by atoms with Crippen molar-refractivity contribution in [3.05, 3.63) is 95.6 Å². The largest absolute Gasteiger partial charge is 0.346 e. The number of aromatic nitrogens is 1. The van der Waals surface area contributed by atoms with Crippen LogP contribution < -0.4 is 5.32 Å². The van der Waals surface area contributed by atoms with Gasteiger partial charge in [-0.2, -0.15) is 4.39 Å². The molecule has 6 heteroatoms. The van der Waals surface area contributed by atoms with E-state index in [4.69, 9.17) is 0 Å². The van der Waals surface area contributed by atoms with Gasteiger partial charge < -0.3 is 5.32 Å². The summed E-state index contributed by atoms with van der Waals surface area (Å²) in [6, 6.07) is 13.4. The van der Waals surface area contributed by atoms with Crippen molar-refractivity contribution in [3.8, 4) is 11.1 Å². The van der Waals surface area contributed by atoms with Crippen molar-refractivity contribution in [2.24, 2.45) is 0 Å². The fraction of sp³-hybridized carbons (Fsp3) is 0.0909. The molecule has 3 aromatic rings. The molecule has 3 nitrogen and oxygen atoms in total. The van der Waals surface area contributed by atoms with E-state index in [0.717, 1.165) is 41.0 Å². The third-order valence-corrected chi connectivity index (χ3v) is 4.21. The van der Waals surface area contributed by atoms with Gasteiger partial charge in [0, 0.05) is 23.4 Å². The minimum atomic E-state index is -0.738. The number of carbonyl (C=O) groups excluding carboxylic acids is 1. The zero-order valence-electron chi connectivity index (χ0n) is 15.0. The molecule has 142 valence electrons. The summed E-state index contributed by atoms with van der Waals surface area (Å²) in [7, 11) is 0. The average Bonchev–Trinajstić information content (AvgIpc) is 2.68. The third-order valence-electron chi connectivity index (χ3n) is 4.21. The first-order valence-electron chi connectivity index (χ1n) is 8.58. The molecule has 28 heavy (non-hydrogen) atoms. The van der Waals surface area contributed by atoms with E-state index in [-0.39, 0.29) is 11.6 Å². The quantitative estimate of drug-likeness (QED) is 0.495. The Kier molecular flexibility index (Phi) is 5.89. The second kappa shape index (κ2) is 8.52. The van der Waals surface area contributed by atoms with Crippen molar-refractivity contribution in [2.45, 2.75) is 13.0 Å². The number of halogens is 3. The highest BCUT2D eigenvalue weighted by atomic mass is 19.1. The van der Waals surface area contributed by atoms with Crippen LogP contribution in [0.25, 0.3) is 17.2 Å². The van der Waals surface area contributed by atoms with Gasteiger partial charge in [-0.1, -0.05) is 24.3 Å². The molecule has 0 spiro atoms. The van der Waals surface area contributed by atoms with Crippen LogP contribution in [-0.2, 0) is 4.79 Å². The van der Waals surface area contributed by atoms with E-state index in [9.17, 15) is 18.0 Å². The van der Waals surface area contributed by atoms with Gasteiger partial charge in [0.15, 0.2) is 0 Å². The number of benzene rings is 2. The second-order valence-electron chi connectivity index (χ2n) is 6.19. The normalized spacial score (nSPS) is 12.1. The van der Waals surface area contributed by atoms with Gasteiger partial charge in [-0.25, -0.2) is 13.8 Å². The van der Waals surface area contributed by atoms with Crippen molar-refractivity contribution >= 4 is 12.0 Å². The van der Waals surface area contributed by atoms with Crippen molar-refractivity contribution in [2.75, 3.05) is 0 Å². The maximum absolute atomic E-state index is 13.6. The lowest BCUT2D eigenvalue weighted by molar-refractivity contribution is -0.117. The Morgan fingerprint density at radius 1 is 1.00 bits per heavy atom. The van der Waals surface area contributed by atoms with Crippen LogP contribution in [0.5, 0.6) is 0 Å². The van der Waals surface area contributed by atoms with Crippen LogP contribution in [0.2, 0.25) is 0 Å². The maximum Gasteiger partial charge on any atom is 0.244 e. The summed E-state index contributed by atoms with van der Waals surface area (Å²) in [4.78, 5) is 15.8. The van der Waals surface area contributed by atoms with Crippen LogP contribution in [-0.4, -0.2) is 10.9 Å². The van der Waals surface area contributed by atoms with Crippen molar-refractivity contribution < 1.29 is 18.0 Å². The summed E-state index contributed by atoms with van der Waals surface area (Å²) in [5.74, 6) is -2.52. The van der Waals surface area contributed by atoms with Crippen LogP contribution in [0, 0.1) is 17.6 Å². The second-order valence-corrected chi connectivity index (χ2v) is 6.19. The first kappa shape index (κ1) is 19.4. The first-order chi connectivity index (χ1) is 13.4. The van der Waals surface area contributed by atoms with Gasteiger partial charge in [0.25, 0.3) is 0 Å². The van der Waals surface area contributed by atoms with Gasteiger partial charge in [0.1, 0.15) is 11.6 Å². The highest BCUT2D eigenvalue weighted by Crippen LogP contribution is 2.23. The van der Waals surface area contributed by atoms with E-state index >= 15 is 0 Å². The van der Waals surface area contributed by atoms with Crippen molar-refractivity contribution in [1.82, 2.24) is 10.3 Å². The Morgan fingerprint density at radius 3 is 2.39 bits per heavy atom. The summed E-state index contributed by atoms with van der Waals surface area (Å²) in [6.45, 7) is 1.79. The minimum Gasteiger partial charge on any atom is -0.346 e. The average molecular weight is 382 g/mol. The predicted molar refractivity (Wildman–Crippen MR) is 102 cm³/mol. The minimum absolute atomic E-state index is 0.267. The molecule has 1 N–H and O–H groups in total. The third kappa shape index (κ3) is 4.65. The molecule has 1 aromatic heterocycles. The highest BCUT2D eigenvalue weighted by molar-refractivity contribution is 5.92. The molecule has 0 radical (unpaired) electrons. The smallest absolute Gasteiger partial charge is 0.244 e. The number of hydrogen-bond acceptors (Lipinski definition) is 2. The highest BCUT2D eigenvalue weighted by Gasteiger charge is 2.10. The van der Waals surface area contributed by atoms with E-state index in [0.29, 0.717) is 0 Å². The van der Waals surface area contributed by atoms with Gasteiger partial charge in [0.2, 0.25) is 11.9 Å². The molecule has 1 amide bonds. The van der Waals surface area contributed by atoms with Crippen LogP contribution in [0.15, 0.2) is 66.9 Å². The summed E-state index contributed by atoms with van der Waals surface area (Å²) >= 11 is 0.